The third kappa shape index (κ3) is 6.01. The zero-order valence-electron chi connectivity index (χ0n) is 36.7. The first-order valence-electron chi connectivity index (χ1n) is 22.8. The molecule has 0 saturated heterocycles. The lowest BCUT2D eigenvalue weighted by Gasteiger charge is -2.28. The van der Waals surface area contributed by atoms with E-state index in [1.165, 1.54) is 97.6 Å². The summed E-state index contributed by atoms with van der Waals surface area (Å²) >= 11 is 1.90. The average Bonchev–Trinajstić information content (AvgIpc) is 4.00. The molecule has 2 nitrogen and oxygen atoms in total. The number of hydrogen-bond acceptors (Lipinski definition) is 2. The van der Waals surface area contributed by atoms with Crippen molar-refractivity contribution < 1.29 is 0 Å². The Bertz CT molecular complexity index is 3820. The van der Waals surface area contributed by atoms with Crippen molar-refractivity contribution in [1.29, 1.82) is 0 Å². The molecule has 0 atom stereocenters. The van der Waals surface area contributed by atoms with Crippen molar-refractivity contribution in [2.45, 2.75) is 19.3 Å². The Morgan fingerprint density at radius 2 is 0.970 bits per heavy atom. The minimum Gasteiger partial charge on any atom is -0.310 e. The summed E-state index contributed by atoms with van der Waals surface area (Å²) < 4.78 is 5.09. The minimum absolute atomic E-state index is 0.114. The maximum absolute atomic E-state index is 2.50. The summed E-state index contributed by atoms with van der Waals surface area (Å²) in [5.41, 5.74) is 19.6. The molecule has 2 heterocycles. The van der Waals surface area contributed by atoms with Crippen LogP contribution in [0.2, 0.25) is 0 Å². The van der Waals surface area contributed by atoms with Crippen molar-refractivity contribution in [3.05, 3.63) is 242 Å². The van der Waals surface area contributed by atoms with Gasteiger partial charge in [0.1, 0.15) is 0 Å². The summed E-state index contributed by atoms with van der Waals surface area (Å²) in [6.07, 6.45) is 0. The van der Waals surface area contributed by atoms with E-state index in [-0.39, 0.29) is 5.41 Å². The second-order valence-corrected chi connectivity index (χ2v) is 19.1. The first-order valence-corrected chi connectivity index (χ1v) is 23.6. The molecule has 13 rings (SSSR count). The molecule has 312 valence electrons. The Morgan fingerprint density at radius 1 is 0.394 bits per heavy atom. The fourth-order valence-corrected chi connectivity index (χ4v) is 12.0. The molecule has 12 aromatic rings. The van der Waals surface area contributed by atoms with Gasteiger partial charge in [0.15, 0.2) is 0 Å². The van der Waals surface area contributed by atoms with Crippen LogP contribution < -0.4 is 4.90 Å². The predicted octanol–water partition coefficient (Wildman–Crippen LogP) is 17.9. The Labute approximate surface area is 388 Å². The summed E-state index contributed by atoms with van der Waals surface area (Å²) in [7, 11) is 0. The van der Waals surface area contributed by atoms with Crippen LogP contribution in [-0.2, 0) is 5.41 Å². The second-order valence-electron chi connectivity index (χ2n) is 18.1. The average molecular weight is 861 g/mol. The molecule has 1 aliphatic rings. The lowest BCUT2D eigenvalue weighted by Crippen LogP contribution is -2.16. The maximum Gasteiger partial charge on any atom is 0.0634 e. The number of aromatic nitrogens is 1. The number of nitrogens with zero attached hydrogens (tertiary/aromatic N) is 2. The van der Waals surface area contributed by atoms with Gasteiger partial charge in [0.05, 0.1) is 11.0 Å². The maximum atomic E-state index is 2.50. The lowest BCUT2D eigenvalue weighted by molar-refractivity contribution is 0.660. The van der Waals surface area contributed by atoms with Gasteiger partial charge in [0.25, 0.3) is 0 Å². The van der Waals surface area contributed by atoms with Crippen molar-refractivity contribution >= 4 is 70.4 Å². The smallest absolute Gasteiger partial charge is 0.0634 e. The van der Waals surface area contributed by atoms with Crippen LogP contribution in [0.3, 0.4) is 0 Å². The molecule has 0 unspecified atom stereocenters. The zero-order chi connectivity index (χ0) is 43.9. The highest BCUT2D eigenvalue weighted by atomic mass is 32.1. The van der Waals surface area contributed by atoms with E-state index in [9.17, 15) is 0 Å². The Kier molecular flexibility index (Phi) is 8.78. The van der Waals surface area contributed by atoms with Gasteiger partial charge < -0.3 is 9.47 Å². The van der Waals surface area contributed by atoms with Crippen LogP contribution in [0.1, 0.15) is 25.0 Å². The van der Waals surface area contributed by atoms with Gasteiger partial charge >= 0.3 is 0 Å². The van der Waals surface area contributed by atoms with E-state index in [0.29, 0.717) is 0 Å². The first kappa shape index (κ1) is 38.5. The second kappa shape index (κ2) is 15.1. The number of fused-ring (bicyclic) bond motifs is 10. The summed E-state index contributed by atoms with van der Waals surface area (Å²) in [6.45, 7) is 4.72. The molecule has 0 N–H and O–H groups in total. The quantitative estimate of drug-likeness (QED) is 0.155. The number of hydrogen-bond donors (Lipinski definition) is 0. The Hall–Kier alpha value is -7.98. The van der Waals surface area contributed by atoms with Crippen LogP contribution in [0.25, 0.3) is 92.2 Å². The van der Waals surface area contributed by atoms with Crippen LogP contribution in [-0.4, -0.2) is 4.57 Å². The number of thiophene rings is 1. The van der Waals surface area contributed by atoms with Gasteiger partial charge in [-0.3, -0.25) is 0 Å². The third-order valence-corrected chi connectivity index (χ3v) is 15.2. The monoisotopic (exact) mass is 860 g/mol. The molecule has 66 heavy (non-hydrogen) atoms. The number of anilines is 3. The van der Waals surface area contributed by atoms with Crippen molar-refractivity contribution in [2.75, 3.05) is 4.90 Å². The highest BCUT2D eigenvalue weighted by Crippen LogP contribution is 2.52. The van der Waals surface area contributed by atoms with Crippen molar-refractivity contribution in [3.8, 4) is 50.2 Å². The van der Waals surface area contributed by atoms with Crippen LogP contribution >= 0.6 is 11.3 Å². The van der Waals surface area contributed by atoms with Crippen LogP contribution in [0.5, 0.6) is 0 Å². The molecule has 3 heteroatoms. The molecule has 0 amide bonds. The van der Waals surface area contributed by atoms with Crippen LogP contribution in [0.15, 0.2) is 231 Å². The molecule has 0 aliphatic heterocycles. The first-order chi connectivity index (χ1) is 32.5. The number of rotatable bonds is 7. The van der Waals surface area contributed by atoms with E-state index >= 15 is 0 Å². The van der Waals surface area contributed by atoms with Gasteiger partial charge in [-0.05, 0) is 117 Å². The number of benzene rings is 10. The fourth-order valence-electron chi connectivity index (χ4n) is 10.8. The number of para-hydroxylation sites is 1. The molecule has 0 fully saturated rings. The summed E-state index contributed by atoms with van der Waals surface area (Å²) in [6, 6.07) is 85.0. The van der Waals surface area contributed by atoms with Gasteiger partial charge in [0.2, 0.25) is 0 Å². The fraction of sp³-hybridized carbons (Fsp3) is 0.0476. The van der Waals surface area contributed by atoms with Crippen LogP contribution in [0.4, 0.5) is 17.1 Å². The molecule has 1 aliphatic carbocycles. The highest BCUT2D eigenvalue weighted by molar-refractivity contribution is 7.26. The van der Waals surface area contributed by atoms with Gasteiger partial charge in [0, 0.05) is 64.7 Å². The largest absolute Gasteiger partial charge is 0.310 e. The van der Waals surface area contributed by atoms with E-state index in [2.05, 4.69) is 254 Å². The molecule has 0 saturated carbocycles. The van der Waals surface area contributed by atoms with Gasteiger partial charge in [-0.1, -0.05) is 178 Å². The van der Waals surface area contributed by atoms with Gasteiger partial charge in [-0.25, -0.2) is 0 Å². The van der Waals surface area contributed by atoms with Crippen LogP contribution in [0, 0.1) is 0 Å². The molecule has 0 radical (unpaired) electrons. The summed E-state index contributed by atoms with van der Waals surface area (Å²) in [5, 5.41) is 5.10. The molecular weight excluding hydrogens is 817 g/mol. The van der Waals surface area contributed by atoms with E-state index in [1.807, 2.05) is 11.3 Å². The van der Waals surface area contributed by atoms with E-state index in [1.54, 1.807) is 0 Å². The summed E-state index contributed by atoms with van der Waals surface area (Å²) in [5.74, 6) is 0. The minimum atomic E-state index is -0.114. The van der Waals surface area contributed by atoms with Gasteiger partial charge in [-0.2, -0.15) is 0 Å². The standard InChI is InChI=1S/C63H44N2S/c1-63(2)56-25-12-9-22-50(56)51-37-36-49(39-57(51)63)64(46-32-28-43(29-33-46)41-16-5-3-6-17-41)47-34-30-44(31-35-47)54-40-55-52-23-10-13-26-58(52)65(48-21-15-20-45(38-48)42-18-7-4-8-19-42)61(55)60-53-24-11-14-27-59(53)66-62(54)60/h3-40H,1-2H3. The van der Waals surface area contributed by atoms with E-state index < -0.39 is 0 Å². The van der Waals surface area contributed by atoms with E-state index in [4.69, 9.17) is 0 Å². The Balaban J connectivity index is 0.986. The third-order valence-electron chi connectivity index (χ3n) is 14.0. The zero-order valence-corrected chi connectivity index (χ0v) is 37.6. The van der Waals surface area contributed by atoms with Crippen molar-refractivity contribution in [2.24, 2.45) is 0 Å². The van der Waals surface area contributed by atoms with Crippen molar-refractivity contribution in [3.63, 3.8) is 0 Å². The Morgan fingerprint density at radius 3 is 1.73 bits per heavy atom. The van der Waals surface area contributed by atoms with Crippen molar-refractivity contribution in [1.82, 2.24) is 4.57 Å². The molecule has 2 aromatic heterocycles. The molecule has 10 aromatic carbocycles. The van der Waals surface area contributed by atoms with E-state index in [0.717, 1.165) is 22.7 Å². The molecular formula is C63H44N2S. The highest BCUT2D eigenvalue weighted by Gasteiger charge is 2.36. The predicted molar refractivity (Wildman–Crippen MR) is 282 cm³/mol. The molecule has 0 spiro atoms. The molecule has 0 bridgehead atoms. The lowest BCUT2D eigenvalue weighted by atomic mass is 9.82. The van der Waals surface area contributed by atoms with Gasteiger partial charge in [-0.15, -0.1) is 11.3 Å². The SMILES string of the molecule is CC1(C)c2ccccc2-c2ccc(N(c3ccc(-c4ccccc4)cc3)c3ccc(-c4cc5c6ccccc6n(-c6cccc(-c7ccccc7)c6)c5c5c4sc4ccccc45)cc3)cc21. The topological polar surface area (TPSA) is 8.17 Å². The summed E-state index contributed by atoms with van der Waals surface area (Å²) in [4.78, 5) is 2.42. The normalized spacial score (nSPS) is 12.8.